The number of carbonyl (C=O) groups is 1. The van der Waals surface area contributed by atoms with E-state index in [9.17, 15) is 13.6 Å². The minimum atomic E-state index is -0.913. The summed E-state index contributed by atoms with van der Waals surface area (Å²) in [4.78, 5) is 15.6. The number of hydrogen-bond acceptors (Lipinski definition) is 3. The molecule has 1 N–H and O–H groups in total. The summed E-state index contributed by atoms with van der Waals surface area (Å²) in [5, 5.41) is 9.75. The molecule has 0 bridgehead atoms. The van der Waals surface area contributed by atoms with E-state index in [1.54, 1.807) is 23.9 Å². The Kier molecular flexibility index (Phi) is 6.64. The lowest BCUT2D eigenvalue weighted by Gasteiger charge is -2.20. The minimum Gasteiger partial charge on any atom is -0.481 e. The lowest BCUT2D eigenvalue weighted by Crippen LogP contribution is -2.04. The average Bonchev–Trinajstić information content (AvgIpc) is 3.00. The quantitative estimate of drug-likeness (QED) is 0.316. The predicted molar refractivity (Wildman–Crippen MR) is 137 cm³/mol. The zero-order valence-electron chi connectivity index (χ0n) is 18.9. The van der Waals surface area contributed by atoms with Crippen LogP contribution in [0.15, 0.2) is 66.7 Å². The molecule has 5 rings (SSSR count). The van der Waals surface area contributed by atoms with Crippen molar-refractivity contribution in [3.05, 3.63) is 112 Å². The highest BCUT2D eigenvalue weighted by Crippen LogP contribution is 2.42. The van der Waals surface area contributed by atoms with Crippen LogP contribution in [0.2, 0.25) is 0 Å². The average molecular weight is 488 g/mol. The Morgan fingerprint density at radius 2 is 1.71 bits per heavy atom. The summed E-state index contributed by atoms with van der Waals surface area (Å²) < 4.78 is 27.1. The SMILES string of the molecule is O=C(O)CCSC1c2ccccc2CCc2ccc(C=Cc3ccc4cc(F)c(F)cc4n3)cc21. The summed E-state index contributed by atoms with van der Waals surface area (Å²) in [7, 11) is 0. The highest BCUT2D eigenvalue weighted by atomic mass is 32.2. The molecule has 0 saturated heterocycles. The number of rotatable bonds is 6. The molecular weight excluding hydrogens is 464 g/mol. The molecule has 1 aromatic heterocycles. The van der Waals surface area contributed by atoms with E-state index in [0.717, 1.165) is 30.5 Å². The number of pyridine rings is 1. The van der Waals surface area contributed by atoms with Crippen LogP contribution in [0, 0.1) is 11.6 Å². The summed E-state index contributed by atoms with van der Waals surface area (Å²) in [5.41, 5.74) is 7.07. The standard InChI is InChI=1S/C29H23F2NO2S/c30-25-16-21-10-12-22(32-27(21)17-26(25)31)11-6-18-5-7-20-9-8-19-3-1-2-4-23(19)29(24(20)15-18)35-14-13-28(33)34/h1-7,10-12,15-17,29H,8-9,13-14H2,(H,33,34). The van der Waals surface area contributed by atoms with E-state index in [0.29, 0.717) is 22.3 Å². The number of benzene rings is 3. The van der Waals surface area contributed by atoms with Gasteiger partial charge in [-0.2, -0.15) is 0 Å². The number of fused-ring (bicyclic) bond motifs is 3. The minimum absolute atomic E-state index is 0.0630. The van der Waals surface area contributed by atoms with Gasteiger partial charge in [0.1, 0.15) is 0 Å². The van der Waals surface area contributed by atoms with Crippen molar-refractivity contribution in [2.75, 3.05) is 5.75 Å². The fourth-order valence-corrected chi connectivity index (χ4v) is 5.83. The summed E-state index contributed by atoms with van der Waals surface area (Å²) in [6.45, 7) is 0. The molecule has 0 fully saturated rings. The molecule has 35 heavy (non-hydrogen) atoms. The number of carboxylic acids is 1. The Balaban J connectivity index is 1.47. The first kappa shape index (κ1) is 23.2. The molecule has 1 unspecified atom stereocenters. The first-order valence-corrected chi connectivity index (χ1v) is 12.5. The molecule has 1 aliphatic rings. The van der Waals surface area contributed by atoms with Gasteiger partial charge in [-0.15, -0.1) is 11.8 Å². The van der Waals surface area contributed by atoms with Gasteiger partial charge >= 0.3 is 5.97 Å². The first-order valence-electron chi connectivity index (χ1n) is 11.5. The van der Waals surface area contributed by atoms with Crippen LogP contribution in [-0.2, 0) is 17.6 Å². The molecule has 1 aliphatic carbocycles. The Hall–Kier alpha value is -3.51. The van der Waals surface area contributed by atoms with Gasteiger partial charge in [-0.3, -0.25) is 4.79 Å². The van der Waals surface area contributed by atoms with Crippen LogP contribution >= 0.6 is 11.8 Å². The monoisotopic (exact) mass is 487 g/mol. The van der Waals surface area contributed by atoms with Crippen molar-refractivity contribution >= 4 is 40.8 Å². The predicted octanol–water partition coefficient (Wildman–Crippen LogP) is 7.08. The van der Waals surface area contributed by atoms with E-state index < -0.39 is 17.6 Å². The molecular formula is C29H23F2NO2S. The Morgan fingerprint density at radius 3 is 2.54 bits per heavy atom. The Labute approximate surface area is 206 Å². The van der Waals surface area contributed by atoms with Crippen LogP contribution in [0.5, 0.6) is 0 Å². The zero-order chi connectivity index (χ0) is 24.4. The Morgan fingerprint density at radius 1 is 0.943 bits per heavy atom. The molecule has 0 amide bonds. The molecule has 1 atom stereocenters. The topological polar surface area (TPSA) is 50.2 Å². The number of nitrogens with zero attached hydrogens (tertiary/aromatic N) is 1. The maximum atomic E-state index is 13.6. The number of aromatic nitrogens is 1. The smallest absolute Gasteiger partial charge is 0.304 e. The summed E-state index contributed by atoms with van der Waals surface area (Å²) in [6.07, 6.45) is 5.83. The fraction of sp³-hybridized carbons (Fsp3) is 0.172. The maximum absolute atomic E-state index is 13.6. The summed E-state index contributed by atoms with van der Waals surface area (Å²) >= 11 is 1.67. The second-order valence-corrected chi connectivity index (χ2v) is 9.79. The molecule has 3 nitrogen and oxygen atoms in total. The Bertz CT molecular complexity index is 1450. The summed E-state index contributed by atoms with van der Waals surface area (Å²) in [6, 6.07) is 20.6. The van der Waals surface area contributed by atoms with E-state index >= 15 is 0 Å². The summed E-state index contributed by atoms with van der Waals surface area (Å²) in [5.74, 6) is -2.05. The normalized spacial score (nSPS) is 15.1. The fourth-order valence-electron chi connectivity index (χ4n) is 4.49. The molecule has 0 spiro atoms. The third-order valence-corrected chi connectivity index (χ3v) is 7.53. The number of hydrogen-bond donors (Lipinski definition) is 1. The van der Waals surface area contributed by atoms with Gasteiger partial charge in [-0.25, -0.2) is 13.8 Å². The van der Waals surface area contributed by atoms with Crippen molar-refractivity contribution in [3.63, 3.8) is 0 Å². The molecule has 0 saturated carbocycles. The van der Waals surface area contributed by atoms with Gasteiger partial charge in [0.25, 0.3) is 0 Å². The molecule has 0 radical (unpaired) electrons. The number of aliphatic carboxylic acids is 1. The van der Waals surface area contributed by atoms with E-state index in [-0.39, 0.29) is 11.7 Å². The van der Waals surface area contributed by atoms with Crippen LogP contribution in [0.3, 0.4) is 0 Å². The van der Waals surface area contributed by atoms with Gasteiger partial charge in [0, 0.05) is 17.2 Å². The third-order valence-electron chi connectivity index (χ3n) is 6.25. The van der Waals surface area contributed by atoms with Crippen molar-refractivity contribution in [3.8, 4) is 0 Å². The molecule has 6 heteroatoms. The van der Waals surface area contributed by atoms with E-state index in [2.05, 4.69) is 41.4 Å². The first-order chi connectivity index (χ1) is 17.0. The van der Waals surface area contributed by atoms with Gasteiger partial charge < -0.3 is 5.11 Å². The van der Waals surface area contributed by atoms with E-state index in [1.165, 1.54) is 22.3 Å². The number of thioether (sulfide) groups is 1. The second kappa shape index (κ2) is 10.0. The van der Waals surface area contributed by atoms with Crippen molar-refractivity contribution in [2.45, 2.75) is 24.5 Å². The molecule has 1 heterocycles. The van der Waals surface area contributed by atoms with E-state index in [1.807, 2.05) is 18.2 Å². The van der Waals surface area contributed by atoms with Crippen LogP contribution in [0.1, 0.15) is 45.2 Å². The highest BCUT2D eigenvalue weighted by Gasteiger charge is 2.24. The van der Waals surface area contributed by atoms with E-state index in [4.69, 9.17) is 5.11 Å². The molecule has 0 aliphatic heterocycles. The highest BCUT2D eigenvalue weighted by molar-refractivity contribution is 7.99. The van der Waals surface area contributed by atoms with Crippen molar-refractivity contribution < 1.29 is 18.7 Å². The maximum Gasteiger partial charge on any atom is 0.304 e. The van der Waals surface area contributed by atoms with Crippen molar-refractivity contribution in [1.29, 1.82) is 0 Å². The lowest BCUT2D eigenvalue weighted by molar-refractivity contribution is -0.136. The van der Waals surface area contributed by atoms with Crippen LogP contribution in [-0.4, -0.2) is 21.8 Å². The molecule has 176 valence electrons. The van der Waals surface area contributed by atoms with Crippen molar-refractivity contribution in [1.82, 2.24) is 4.98 Å². The van der Waals surface area contributed by atoms with Gasteiger partial charge in [0.2, 0.25) is 0 Å². The van der Waals surface area contributed by atoms with Crippen LogP contribution in [0.4, 0.5) is 8.78 Å². The number of carboxylic acid groups (broad SMARTS) is 1. The number of halogens is 2. The second-order valence-electron chi connectivity index (χ2n) is 8.58. The van der Waals surface area contributed by atoms with Crippen LogP contribution in [0.25, 0.3) is 23.1 Å². The lowest BCUT2D eigenvalue weighted by atomic mass is 9.97. The molecule has 4 aromatic rings. The zero-order valence-corrected chi connectivity index (χ0v) is 19.7. The third kappa shape index (κ3) is 5.13. The van der Waals surface area contributed by atoms with Crippen LogP contribution < -0.4 is 0 Å². The van der Waals surface area contributed by atoms with Crippen molar-refractivity contribution in [2.24, 2.45) is 0 Å². The van der Waals surface area contributed by atoms with Gasteiger partial charge in [-0.1, -0.05) is 54.6 Å². The van der Waals surface area contributed by atoms with Gasteiger partial charge in [0.15, 0.2) is 11.6 Å². The number of aryl methyl sites for hydroxylation is 2. The molecule has 3 aromatic carbocycles. The van der Waals surface area contributed by atoms with Gasteiger partial charge in [0.05, 0.1) is 22.9 Å². The van der Waals surface area contributed by atoms with Gasteiger partial charge in [-0.05, 0) is 58.9 Å². The largest absolute Gasteiger partial charge is 0.481 e.